The van der Waals surface area contributed by atoms with E-state index < -0.39 is 0 Å². The van der Waals surface area contributed by atoms with E-state index in [0.717, 1.165) is 70.0 Å². The molecule has 4 rings (SSSR count). The van der Waals surface area contributed by atoms with Crippen LogP contribution in [0.3, 0.4) is 0 Å². The van der Waals surface area contributed by atoms with Gasteiger partial charge in [0.15, 0.2) is 0 Å². The first-order valence-corrected chi connectivity index (χ1v) is 12.4. The molecule has 0 spiro atoms. The molecule has 0 atom stereocenters. The molecule has 1 aliphatic heterocycles. The summed E-state index contributed by atoms with van der Waals surface area (Å²) in [6.45, 7) is 14.2. The molecule has 0 radical (unpaired) electrons. The number of para-hydroxylation sites is 1. The molecule has 2 aromatic carbocycles. The van der Waals surface area contributed by atoms with Gasteiger partial charge in [0.05, 0.1) is 11.4 Å². The standard InChI is InChI=1S/C28H39N5/c1-5-10-27-21-25(29-33(27)26-12-7-6-8-13-26)22-30(4)15-16-31-17-19-32(20-18-31)28-14-9-11-23(2)24(28)3/h6-9,11-14,21H,5,10,15-20,22H2,1-4H3. The molecule has 3 aromatic rings. The van der Waals surface area contributed by atoms with E-state index in [1.165, 1.54) is 22.5 Å². The quantitative estimate of drug-likeness (QED) is 0.477. The van der Waals surface area contributed by atoms with Crippen LogP contribution >= 0.6 is 0 Å². The second-order valence-corrected chi connectivity index (χ2v) is 9.41. The van der Waals surface area contributed by atoms with Crippen LogP contribution < -0.4 is 4.90 Å². The highest BCUT2D eigenvalue weighted by molar-refractivity contribution is 5.56. The molecule has 1 saturated heterocycles. The van der Waals surface area contributed by atoms with Crippen LogP contribution in [-0.2, 0) is 13.0 Å². The summed E-state index contributed by atoms with van der Waals surface area (Å²) in [5, 5.41) is 4.95. The summed E-state index contributed by atoms with van der Waals surface area (Å²) in [6, 6.07) is 19.4. The Morgan fingerprint density at radius 1 is 0.939 bits per heavy atom. The largest absolute Gasteiger partial charge is 0.369 e. The predicted molar refractivity (Wildman–Crippen MR) is 138 cm³/mol. The number of benzene rings is 2. The summed E-state index contributed by atoms with van der Waals surface area (Å²) < 4.78 is 2.12. The van der Waals surface area contributed by atoms with Gasteiger partial charge in [-0.05, 0) is 62.7 Å². The molecule has 176 valence electrons. The van der Waals surface area contributed by atoms with Crippen LogP contribution in [0.2, 0.25) is 0 Å². The lowest BCUT2D eigenvalue weighted by Crippen LogP contribution is -2.48. The molecule has 0 aliphatic carbocycles. The number of likely N-dealkylation sites (N-methyl/N-ethyl adjacent to an activating group) is 1. The van der Waals surface area contributed by atoms with Crippen LogP contribution in [0.15, 0.2) is 54.6 Å². The van der Waals surface area contributed by atoms with E-state index in [-0.39, 0.29) is 0 Å². The van der Waals surface area contributed by atoms with Crippen LogP contribution in [0, 0.1) is 13.8 Å². The van der Waals surface area contributed by atoms with E-state index >= 15 is 0 Å². The third-order valence-electron chi connectivity index (χ3n) is 6.86. The molecular weight excluding hydrogens is 406 g/mol. The van der Waals surface area contributed by atoms with Crippen LogP contribution in [0.4, 0.5) is 5.69 Å². The Balaban J connectivity index is 1.29. The van der Waals surface area contributed by atoms with Gasteiger partial charge >= 0.3 is 0 Å². The van der Waals surface area contributed by atoms with Gasteiger partial charge in [0.2, 0.25) is 0 Å². The van der Waals surface area contributed by atoms with Crippen molar-refractivity contribution in [2.45, 2.75) is 40.2 Å². The average Bonchev–Trinajstić information content (AvgIpc) is 3.23. The zero-order valence-corrected chi connectivity index (χ0v) is 20.8. The number of hydrogen-bond acceptors (Lipinski definition) is 4. The van der Waals surface area contributed by atoms with Crippen molar-refractivity contribution >= 4 is 5.69 Å². The number of aryl methyl sites for hydroxylation is 2. The van der Waals surface area contributed by atoms with Gasteiger partial charge in [0.1, 0.15) is 0 Å². The average molecular weight is 446 g/mol. The van der Waals surface area contributed by atoms with Crippen molar-refractivity contribution in [2.75, 3.05) is 51.2 Å². The molecule has 0 saturated carbocycles. The molecule has 33 heavy (non-hydrogen) atoms. The van der Waals surface area contributed by atoms with Crippen molar-refractivity contribution in [1.82, 2.24) is 19.6 Å². The van der Waals surface area contributed by atoms with Crippen LogP contribution in [0.5, 0.6) is 0 Å². The highest BCUT2D eigenvalue weighted by Crippen LogP contribution is 2.24. The van der Waals surface area contributed by atoms with Gasteiger partial charge in [-0.2, -0.15) is 5.10 Å². The second kappa shape index (κ2) is 11.0. The monoisotopic (exact) mass is 445 g/mol. The molecule has 2 heterocycles. The third kappa shape index (κ3) is 5.84. The number of piperazine rings is 1. The van der Waals surface area contributed by atoms with E-state index in [9.17, 15) is 0 Å². The first-order chi connectivity index (χ1) is 16.0. The minimum absolute atomic E-state index is 0.888. The smallest absolute Gasteiger partial charge is 0.0772 e. The Bertz CT molecular complexity index is 1020. The Morgan fingerprint density at radius 3 is 2.42 bits per heavy atom. The van der Waals surface area contributed by atoms with Gasteiger partial charge in [-0.15, -0.1) is 0 Å². The number of aromatic nitrogens is 2. The molecular formula is C28H39N5. The summed E-state index contributed by atoms with van der Waals surface area (Å²) in [4.78, 5) is 7.56. The highest BCUT2D eigenvalue weighted by atomic mass is 15.3. The molecule has 5 nitrogen and oxygen atoms in total. The van der Waals surface area contributed by atoms with Crippen molar-refractivity contribution in [2.24, 2.45) is 0 Å². The predicted octanol–water partition coefficient (Wildman–Crippen LogP) is 4.70. The van der Waals surface area contributed by atoms with E-state index in [4.69, 9.17) is 5.10 Å². The van der Waals surface area contributed by atoms with Crippen molar-refractivity contribution in [3.8, 4) is 5.69 Å². The van der Waals surface area contributed by atoms with Gasteiger partial charge in [0, 0.05) is 57.2 Å². The van der Waals surface area contributed by atoms with Gasteiger partial charge in [-0.1, -0.05) is 43.7 Å². The number of hydrogen-bond donors (Lipinski definition) is 0. The maximum Gasteiger partial charge on any atom is 0.0772 e. The zero-order chi connectivity index (χ0) is 23.2. The second-order valence-electron chi connectivity index (χ2n) is 9.41. The van der Waals surface area contributed by atoms with Gasteiger partial charge in [-0.3, -0.25) is 9.80 Å². The van der Waals surface area contributed by atoms with E-state index in [1.807, 2.05) is 0 Å². The minimum atomic E-state index is 0.888. The van der Waals surface area contributed by atoms with E-state index in [0.29, 0.717) is 0 Å². The molecule has 0 N–H and O–H groups in total. The molecule has 5 heteroatoms. The molecule has 1 aliphatic rings. The summed E-state index contributed by atoms with van der Waals surface area (Å²) in [5.41, 5.74) is 7.82. The SMILES string of the molecule is CCCc1cc(CN(C)CCN2CCN(c3cccc(C)c3C)CC2)nn1-c1ccccc1. The number of nitrogens with zero attached hydrogens (tertiary/aromatic N) is 5. The van der Waals surface area contributed by atoms with Crippen molar-refractivity contribution in [3.63, 3.8) is 0 Å². The first-order valence-electron chi connectivity index (χ1n) is 12.4. The van der Waals surface area contributed by atoms with Crippen LogP contribution in [0.1, 0.15) is 35.9 Å². The zero-order valence-electron chi connectivity index (χ0n) is 20.8. The van der Waals surface area contributed by atoms with E-state index in [1.54, 1.807) is 0 Å². The fraction of sp³-hybridized carbons (Fsp3) is 0.464. The Labute approximate surface area is 199 Å². The fourth-order valence-electron chi connectivity index (χ4n) is 4.74. The molecule has 0 amide bonds. The van der Waals surface area contributed by atoms with E-state index in [2.05, 4.69) is 102 Å². The lowest BCUT2D eigenvalue weighted by Gasteiger charge is -2.37. The fourth-order valence-corrected chi connectivity index (χ4v) is 4.74. The maximum absolute atomic E-state index is 4.95. The van der Waals surface area contributed by atoms with Crippen molar-refractivity contribution < 1.29 is 0 Å². The molecule has 0 unspecified atom stereocenters. The number of rotatable bonds is 9. The lowest BCUT2D eigenvalue weighted by atomic mass is 10.1. The summed E-state index contributed by atoms with van der Waals surface area (Å²) in [5.74, 6) is 0. The summed E-state index contributed by atoms with van der Waals surface area (Å²) >= 11 is 0. The van der Waals surface area contributed by atoms with Gasteiger partial charge < -0.3 is 4.90 Å². The first kappa shape index (κ1) is 23.5. The van der Waals surface area contributed by atoms with Gasteiger partial charge in [0.25, 0.3) is 0 Å². The lowest BCUT2D eigenvalue weighted by molar-refractivity contribution is 0.211. The van der Waals surface area contributed by atoms with Crippen molar-refractivity contribution in [3.05, 3.63) is 77.1 Å². The summed E-state index contributed by atoms with van der Waals surface area (Å²) in [6.07, 6.45) is 2.18. The minimum Gasteiger partial charge on any atom is -0.369 e. The Kier molecular flexibility index (Phi) is 7.84. The highest BCUT2D eigenvalue weighted by Gasteiger charge is 2.19. The van der Waals surface area contributed by atoms with Crippen LogP contribution in [-0.4, -0.2) is 65.9 Å². The summed E-state index contributed by atoms with van der Waals surface area (Å²) in [7, 11) is 2.22. The normalized spacial score (nSPS) is 14.9. The topological polar surface area (TPSA) is 27.5 Å². The van der Waals surface area contributed by atoms with Crippen LogP contribution in [0.25, 0.3) is 5.69 Å². The van der Waals surface area contributed by atoms with Gasteiger partial charge in [-0.25, -0.2) is 4.68 Å². The van der Waals surface area contributed by atoms with Crippen molar-refractivity contribution in [1.29, 1.82) is 0 Å². The molecule has 0 bridgehead atoms. The maximum atomic E-state index is 4.95. The Hall–Kier alpha value is -2.63. The molecule has 1 aromatic heterocycles. The molecule has 1 fully saturated rings. The third-order valence-corrected chi connectivity index (χ3v) is 6.86. The number of anilines is 1. The Morgan fingerprint density at radius 2 is 1.70 bits per heavy atom.